The van der Waals surface area contributed by atoms with Crippen LogP contribution in [0.15, 0.2) is 0 Å². The molecule has 0 aromatic carbocycles. The van der Waals surface area contributed by atoms with Gasteiger partial charge in [-0.25, -0.2) is 0 Å². The van der Waals surface area contributed by atoms with Gasteiger partial charge < -0.3 is 24.4 Å². The molecule has 0 spiro atoms. The molecule has 0 fully saturated rings. The van der Waals surface area contributed by atoms with Crippen molar-refractivity contribution in [2.45, 2.75) is 84.0 Å². The standard InChI is InChI=1S/C14H30O.3K.H3O4P/c1-2-3-4-5-6-7-8-9-10-11-12-13-14-15;;;;1-5(2,3)4/h15H,2-14H2,1H3;;;;(H3,1,2,3,4)/q;3*+1;/p-3. The van der Waals surface area contributed by atoms with Crippen molar-refractivity contribution in [1.29, 1.82) is 0 Å². The maximum Gasteiger partial charge on any atom is 1.00 e. The van der Waals surface area contributed by atoms with Gasteiger partial charge in [0.05, 0.1) is 0 Å². The first kappa shape index (κ1) is 38.6. The summed E-state index contributed by atoms with van der Waals surface area (Å²) in [5, 5.41) is 8.61. The summed E-state index contributed by atoms with van der Waals surface area (Å²) in [4.78, 5) is 25.6. The fourth-order valence-electron chi connectivity index (χ4n) is 1.95. The van der Waals surface area contributed by atoms with E-state index in [1.807, 2.05) is 0 Å². The Morgan fingerprint density at radius 2 is 0.870 bits per heavy atom. The van der Waals surface area contributed by atoms with Crippen molar-refractivity contribution < 1.29 is 179 Å². The van der Waals surface area contributed by atoms with Crippen LogP contribution < -0.4 is 169 Å². The molecule has 0 bridgehead atoms. The van der Waals surface area contributed by atoms with Gasteiger partial charge in [0.2, 0.25) is 0 Å². The van der Waals surface area contributed by atoms with E-state index in [2.05, 4.69) is 6.92 Å². The van der Waals surface area contributed by atoms with Gasteiger partial charge in [0.1, 0.15) is 0 Å². The van der Waals surface area contributed by atoms with Crippen LogP contribution in [0.4, 0.5) is 0 Å². The number of aliphatic hydroxyl groups excluding tert-OH is 1. The summed E-state index contributed by atoms with van der Waals surface area (Å²) in [6, 6.07) is 0. The molecule has 0 aromatic rings. The summed E-state index contributed by atoms with van der Waals surface area (Å²) < 4.78 is 8.55. The van der Waals surface area contributed by atoms with Gasteiger partial charge in [-0.3, -0.25) is 0 Å². The van der Waals surface area contributed by atoms with Crippen LogP contribution in [0.25, 0.3) is 0 Å². The second kappa shape index (κ2) is 31.7. The molecule has 0 atom stereocenters. The molecule has 1 N–H and O–H groups in total. The van der Waals surface area contributed by atoms with Gasteiger partial charge in [-0.15, -0.1) is 0 Å². The van der Waals surface area contributed by atoms with Crippen molar-refractivity contribution in [2.24, 2.45) is 0 Å². The largest absolute Gasteiger partial charge is 1.00 e. The molecule has 0 aliphatic carbocycles. The van der Waals surface area contributed by atoms with Gasteiger partial charge in [0, 0.05) is 6.61 Å². The van der Waals surface area contributed by atoms with E-state index in [1.165, 1.54) is 70.6 Å². The van der Waals surface area contributed by atoms with E-state index in [0.29, 0.717) is 6.61 Å². The first-order valence-corrected chi connectivity index (χ1v) is 9.21. The minimum absolute atomic E-state index is 0. The van der Waals surface area contributed by atoms with E-state index in [9.17, 15) is 0 Å². The zero-order chi connectivity index (χ0) is 15.7. The Labute approximate surface area is 270 Å². The summed E-state index contributed by atoms with van der Waals surface area (Å²) in [5.41, 5.74) is 0. The van der Waals surface area contributed by atoms with E-state index >= 15 is 0 Å². The molecule has 0 amide bonds. The predicted molar refractivity (Wildman–Crippen MR) is 75.8 cm³/mol. The van der Waals surface area contributed by atoms with Crippen molar-refractivity contribution in [1.82, 2.24) is 0 Å². The fourth-order valence-corrected chi connectivity index (χ4v) is 1.95. The minimum Gasteiger partial charge on any atom is -0.822 e. The van der Waals surface area contributed by atoms with Crippen molar-refractivity contribution in [3.8, 4) is 0 Å². The van der Waals surface area contributed by atoms with Gasteiger partial charge in [-0.05, 0) is 6.42 Å². The van der Waals surface area contributed by atoms with Crippen LogP contribution in [-0.4, -0.2) is 11.7 Å². The van der Waals surface area contributed by atoms with Gasteiger partial charge in [0.15, 0.2) is 0 Å². The third-order valence-electron chi connectivity index (χ3n) is 3.01. The minimum atomic E-state index is -5.39. The van der Waals surface area contributed by atoms with E-state index in [0.717, 1.165) is 6.42 Å². The molecule has 0 heterocycles. The topological polar surface area (TPSA) is 106 Å². The van der Waals surface area contributed by atoms with E-state index < -0.39 is 7.82 Å². The maximum atomic E-state index is 8.61. The zero-order valence-electron chi connectivity index (χ0n) is 15.7. The SMILES string of the molecule is CCCCCCCCCCCCCCO.O=P([O-])([O-])[O-].[K+].[K+].[K+]. The van der Waals surface area contributed by atoms with Crippen LogP contribution in [-0.2, 0) is 4.57 Å². The molecular weight excluding hydrogens is 396 g/mol. The Kier molecular flexibility index (Phi) is 53.1. The molecule has 0 saturated carbocycles. The number of phosphoric acid groups is 1. The van der Waals surface area contributed by atoms with Crippen molar-refractivity contribution in [3.05, 3.63) is 0 Å². The molecular formula is C14H30K3O5P. The molecule has 124 valence electrons. The first-order valence-electron chi connectivity index (χ1n) is 7.75. The average Bonchev–Trinajstić information content (AvgIpc) is 2.34. The Hall–Kier alpha value is 4.98. The molecule has 0 rings (SSSR count). The summed E-state index contributed by atoms with van der Waals surface area (Å²) in [5.74, 6) is 0. The fraction of sp³-hybridized carbons (Fsp3) is 1.00. The van der Waals surface area contributed by atoms with E-state index in [-0.39, 0.29) is 154 Å². The Bertz CT molecular complexity index is 210. The molecule has 0 radical (unpaired) electrons. The summed E-state index contributed by atoms with van der Waals surface area (Å²) in [6.45, 7) is 2.64. The smallest absolute Gasteiger partial charge is 0.822 e. The third-order valence-corrected chi connectivity index (χ3v) is 3.01. The molecule has 5 nitrogen and oxygen atoms in total. The Morgan fingerprint density at radius 3 is 1.09 bits per heavy atom. The maximum absolute atomic E-state index is 8.61. The van der Waals surface area contributed by atoms with Gasteiger partial charge in [-0.2, -0.15) is 7.82 Å². The molecule has 0 aromatic heterocycles. The van der Waals surface area contributed by atoms with Crippen molar-refractivity contribution >= 4 is 7.82 Å². The number of hydrogen-bond donors (Lipinski definition) is 1. The summed E-state index contributed by atoms with van der Waals surface area (Å²) in [7, 11) is -5.39. The molecule has 0 aliphatic heterocycles. The second-order valence-electron chi connectivity index (χ2n) is 5.06. The summed E-state index contributed by atoms with van der Waals surface area (Å²) >= 11 is 0. The molecule has 0 saturated heterocycles. The number of rotatable bonds is 12. The average molecular weight is 427 g/mol. The number of unbranched alkanes of at least 4 members (excludes halogenated alkanes) is 11. The first-order chi connectivity index (χ1) is 9.41. The van der Waals surface area contributed by atoms with Crippen LogP contribution in [0.3, 0.4) is 0 Å². The van der Waals surface area contributed by atoms with Crippen LogP contribution in [0.5, 0.6) is 0 Å². The molecule has 9 heteroatoms. The molecule has 0 aliphatic rings. The Balaban J connectivity index is -0.000000118. The van der Waals surface area contributed by atoms with Crippen LogP contribution in [0.2, 0.25) is 0 Å². The quantitative estimate of drug-likeness (QED) is 0.190. The second-order valence-corrected chi connectivity index (χ2v) is 5.95. The normalized spacial score (nSPS) is 9.61. The van der Waals surface area contributed by atoms with E-state index in [4.69, 9.17) is 24.4 Å². The van der Waals surface area contributed by atoms with Crippen LogP contribution in [0.1, 0.15) is 84.0 Å². The van der Waals surface area contributed by atoms with E-state index in [1.54, 1.807) is 0 Å². The number of aliphatic hydroxyl groups is 1. The van der Waals surface area contributed by atoms with Crippen LogP contribution >= 0.6 is 7.82 Å². The van der Waals surface area contributed by atoms with Gasteiger partial charge >= 0.3 is 154 Å². The summed E-state index contributed by atoms with van der Waals surface area (Å²) in [6.07, 6.45) is 16.2. The van der Waals surface area contributed by atoms with Crippen molar-refractivity contribution in [2.75, 3.05) is 6.61 Å². The zero-order valence-corrected chi connectivity index (χ0v) is 26.0. The third kappa shape index (κ3) is 58.4. The van der Waals surface area contributed by atoms with Crippen LogP contribution in [0, 0.1) is 0 Å². The number of hydrogen-bond acceptors (Lipinski definition) is 5. The molecule has 23 heavy (non-hydrogen) atoms. The van der Waals surface area contributed by atoms with Crippen molar-refractivity contribution in [3.63, 3.8) is 0 Å². The Morgan fingerprint density at radius 1 is 0.652 bits per heavy atom. The molecule has 0 unspecified atom stereocenters. The van der Waals surface area contributed by atoms with Gasteiger partial charge in [-0.1, -0.05) is 77.6 Å². The monoisotopic (exact) mass is 426 g/mol. The predicted octanol–water partition coefficient (Wildman–Crippen LogP) is -7.13. The van der Waals surface area contributed by atoms with Gasteiger partial charge in [0.25, 0.3) is 0 Å².